The van der Waals surface area contributed by atoms with Crippen molar-refractivity contribution in [3.63, 3.8) is 0 Å². The summed E-state index contributed by atoms with van der Waals surface area (Å²) in [5.41, 5.74) is 0.905. The van der Waals surface area contributed by atoms with Crippen LogP contribution in [0.1, 0.15) is 19.4 Å². The Morgan fingerprint density at radius 2 is 2.23 bits per heavy atom. The van der Waals surface area contributed by atoms with Crippen molar-refractivity contribution in [2.24, 2.45) is 5.92 Å². The van der Waals surface area contributed by atoms with E-state index in [1.54, 1.807) is 19.9 Å². The van der Waals surface area contributed by atoms with Gasteiger partial charge < -0.3 is 5.32 Å². The Hall–Kier alpha value is -2.00. The van der Waals surface area contributed by atoms with Gasteiger partial charge in [-0.25, -0.2) is 0 Å². The van der Waals surface area contributed by atoms with Gasteiger partial charge in [0.2, 0.25) is 11.0 Å². The molecule has 9 heteroatoms. The van der Waals surface area contributed by atoms with Crippen molar-refractivity contribution in [3.8, 4) is 0 Å². The summed E-state index contributed by atoms with van der Waals surface area (Å²) < 4.78 is 0.700. The van der Waals surface area contributed by atoms with Crippen LogP contribution in [0.5, 0.6) is 0 Å². The summed E-state index contributed by atoms with van der Waals surface area (Å²) in [6, 6.07) is 6.47. The third-order valence-electron chi connectivity index (χ3n) is 2.64. The molecule has 0 atom stereocenters. The molecule has 0 spiro atoms. The van der Waals surface area contributed by atoms with Gasteiger partial charge in [-0.15, -0.1) is 10.2 Å². The third kappa shape index (κ3) is 4.50. The molecule has 0 bridgehead atoms. The first-order valence-electron chi connectivity index (χ1n) is 6.46. The number of nitrogens with zero attached hydrogens (tertiary/aromatic N) is 3. The summed E-state index contributed by atoms with van der Waals surface area (Å²) in [5, 5.41) is 21.8. The summed E-state index contributed by atoms with van der Waals surface area (Å²) in [5.74, 6) is 0.324. The molecular formula is C13H14N4O3S2. The molecule has 0 radical (unpaired) electrons. The SMILES string of the molecule is CC(C)C(=O)Nc1nnc(SCc2cccc([N+](=O)[O-])c2)s1. The van der Waals surface area contributed by atoms with E-state index >= 15 is 0 Å². The van der Waals surface area contributed by atoms with Crippen molar-refractivity contribution in [2.75, 3.05) is 5.32 Å². The predicted molar refractivity (Wildman–Crippen MR) is 86.0 cm³/mol. The molecule has 0 saturated carbocycles. The highest BCUT2D eigenvalue weighted by Gasteiger charge is 2.12. The van der Waals surface area contributed by atoms with Crippen LogP contribution >= 0.6 is 23.1 Å². The fraction of sp³-hybridized carbons (Fsp3) is 0.308. The van der Waals surface area contributed by atoms with Crippen LogP contribution in [0.4, 0.5) is 10.8 Å². The number of thioether (sulfide) groups is 1. The molecule has 7 nitrogen and oxygen atoms in total. The number of aromatic nitrogens is 2. The first-order chi connectivity index (χ1) is 10.5. The molecule has 1 amide bonds. The maximum absolute atomic E-state index is 11.6. The van der Waals surface area contributed by atoms with E-state index in [0.717, 1.165) is 5.56 Å². The average molecular weight is 338 g/mol. The highest BCUT2D eigenvalue weighted by atomic mass is 32.2. The fourth-order valence-electron chi connectivity index (χ4n) is 1.47. The minimum absolute atomic E-state index is 0.0697. The number of hydrogen-bond donors (Lipinski definition) is 1. The first kappa shape index (κ1) is 16.4. The molecule has 1 aromatic carbocycles. The zero-order valence-corrected chi connectivity index (χ0v) is 13.6. The van der Waals surface area contributed by atoms with Crippen LogP contribution < -0.4 is 5.32 Å². The van der Waals surface area contributed by atoms with Gasteiger partial charge in [0.05, 0.1) is 4.92 Å². The average Bonchev–Trinajstić information content (AvgIpc) is 2.93. The quantitative estimate of drug-likeness (QED) is 0.375. The van der Waals surface area contributed by atoms with Gasteiger partial charge in [-0.1, -0.05) is 49.1 Å². The standard InChI is InChI=1S/C13H14N4O3S2/c1-8(2)11(18)14-12-15-16-13(22-12)21-7-9-4-3-5-10(6-9)17(19)20/h3-6,8H,7H2,1-2H3,(H,14,15,18). The fourth-order valence-corrected chi connectivity index (χ4v) is 3.17. The highest BCUT2D eigenvalue weighted by Crippen LogP contribution is 2.29. The normalized spacial score (nSPS) is 10.7. The molecule has 1 aromatic heterocycles. The van der Waals surface area contributed by atoms with Crippen LogP contribution in [0.3, 0.4) is 0 Å². The van der Waals surface area contributed by atoms with Gasteiger partial charge >= 0.3 is 0 Å². The molecule has 0 aliphatic rings. The lowest BCUT2D eigenvalue weighted by atomic mass is 10.2. The first-order valence-corrected chi connectivity index (χ1v) is 8.26. The summed E-state index contributed by atoms with van der Waals surface area (Å²) in [7, 11) is 0. The maximum atomic E-state index is 11.6. The number of amides is 1. The lowest BCUT2D eigenvalue weighted by Crippen LogP contribution is -2.17. The molecule has 0 unspecified atom stereocenters. The van der Waals surface area contributed by atoms with E-state index < -0.39 is 4.92 Å². The van der Waals surface area contributed by atoms with Gasteiger partial charge in [0, 0.05) is 23.8 Å². The van der Waals surface area contributed by atoms with Crippen molar-refractivity contribution >= 4 is 39.8 Å². The van der Waals surface area contributed by atoms with Crippen molar-refractivity contribution in [2.45, 2.75) is 23.9 Å². The Morgan fingerprint density at radius 1 is 1.45 bits per heavy atom. The number of anilines is 1. The van der Waals surface area contributed by atoms with Crippen molar-refractivity contribution in [1.29, 1.82) is 0 Å². The van der Waals surface area contributed by atoms with Crippen LogP contribution in [0.2, 0.25) is 0 Å². The maximum Gasteiger partial charge on any atom is 0.269 e. The largest absolute Gasteiger partial charge is 0.300 e. The van der Waals surface area contributed by atoms with Crippen LogP contribution in [0.15, 0.2) is 28.6 Å². The molecule has 1 heterocycles. The van der Waals surface area contributed by atoms with Gasteiger partial charge in [-0.05, 0) is 5.56 Å². The topological polar surface area (TPSA) is 98.0 Å². The van der Waals surface area contributed by atoms with Gasteiger partial charge in [-0.3, -0.25) is 14.9 Å². The van der Waals surface area contributed by atoms with Gasteiger partial charge in [-0.2, -0.15) is 0 Å². The summed E-state index contributed by atoms with van der Waals surface area (Å²) in [6.45, 7) is 3.60. The Kier molecular flexibility index (Phi) is 5.45. The molecule has 2 rings (SSSR count). The number of nitrogens with one attached hydrogen (secondary N) is 1. The molecule has 2 aromatic rings. The summed E-state index contributed by atoms with van der Waals surface area (Å²) in [4.78, 5) is 21.9. The minimum atomic E-state index is -0.418. The Balaban J connectivity index is 1.95. The number of non-ortho nitro benzene ring substituents is 1. The van der Waals surface area contributed by atoms with Crippen molar-refractivity contribution in [3.05, 3.63) is 39.9 Å². The predicted octanol–water partition coefficient (Wildman–Crippen LogP) is 3.33. The number of carbonyl (C=O) groups is 1. The van der Waals surface area contributed by atoms with E-state index in [9.17, 15) is 14.9 Å². The summed E-state index contributed by atoms with van der Waals surface area (Å²) >= 11 is 2.70. The molecule has 0 fully saturated rings. The van der Waals surface area contributed by atoms with Crippen LogP contribution in [-0.4, -0.2) is 21.0 Å². The number of carbonyl (C=O) groups excluding carboxylic acids is 1. The zero-order valence-electron chi connectivity index (χ0n) is 12.0. The number of nitro groups is 1. The van der Waals surface area contributed by atoms with E-state index in [2.05, 4.69) is 15.5 Å². The number of benzene rings is 1. The lowest BCUT2D eigenvalue weighted by molar-refractivity contribution is -0.384. The van der Waals surface area contributed by atoms with Gasteiger partial charge in [0.25, 0.3) is 5.69 Å². The minimum Gasteiger partial charge on any atom is -0.300 e. The van der Waals surface area contributed by atoms with E-state index in [1.165, 1.54) is 35.2 Å². The Labute approximate surface area is 135 Å². The molecule has 116 valence electrons. The van der Waals surface area contributed by atoms with E-state index in [-0.39, 0.29) is 17.5 Å². The Bertz CT molecular complexity index is 687. The number of nitro benzene ring substituents is 1. The van der Waals surface area contributed by atoms with Crippen LogP contribution in [0.25, 0.3) is 0 Å². The number of rotatable bonds is 6. The van der Waals surface area contributed by atoms with E-state index in [4.69, 9.17) is 0 Å². The van der Waals surface area contributed by atoms with Gasteiger partial charge in [0.15, 0.2) is 4.34 Å². The second-order valence-electron chi connectivity index (χ2n) is 4.73. The van der Waals surface area contributed by atoms with E-state index in [0.29, 0.717) is 15.2 Å². The van der Waals surface area contributed by atoms with E-state index in [1.807, 2.05) is 6.07 Å². The lowest BCUT2D eigenvalue weighted by Gasteiger charge is -2.02. The summed E-state index contributed by atoms with van der Waals surface area (Å²) in [6.07, 6.45) is 0. The second kappa shape index (κ2) is 7.32. The molecular weight excluding hydrogens is 324 g/mol. The Morgan fingerprint density at radius 3 is 2.91 bits per heavy atom. The smallest absolute Gasteiger partial charge is 0.269 e. The second-order valence-corrected chi connectivity index (χ2v) is 6.93. The van der Waals surface area contributed by atoms with Crippen molar-refractivity contribution < 1.29 is 9.72 Å². The van der Waals surface area contributed by atoms with Crippen LogP contribution in [-0.2, 0) is 10.5 Å². The molecule has 0 aliphatic heterocycles. The third-order valence-corrected chi connectivity index (χ3v) is 4.69. The highest BCUT2D eigenvalue weighted by molar-refractivity contribution is 8.00. The van der Waals surface area contributed by atoms with Gasteiger partial charge in [0.1, 0.15) is 0 Å². The van der Waals surface area contributed by atoms with Crippen molar-refractivity contribution in [1.82, 2.24) is 10.2 Å². The molecule has 0 aliphatic carbocycles. The number of hydrogen-bond acceptors (Lipinski definition) is 7. The monoisotopic (exact) mass is 338 g/mol. The molecule has 0 saturated heterocycles. The van der Waals surface area contributed by atoms with Crippen LogP contribution in [0, 0.1) is 16.0 Å². The molecule has 22 heavy (non-hydrogen) atoms. The zero-order chi connectivity index (χ0) is 16.1. The molecule has 1 N–H and O–H groups in total.